The molecule has 0 bridgehead atoms. The third kappa shape index (κ3) is 4.24. The molecule has 0 saturated heterocycles. The molecule has 1 heterocycles. The van der Waals surface area contributed by atoms with Crippen LogP contribution in [0.15, 0.2) is 65.1 Å². The third-order valence-electron chi connectivity index (χ3n) is 4.14. The van der Waals surface area contributed by atoms with Gasteiger partial charge in [0.1, 0.15) is 11.5 Å². The maximum Gasteiger partial charge on any atom is 0.248 e. The van der Waals surface area contributed by atoms with Gasteiger partial charge in [-0.2, -0.15) is 0 Å². The van der Waals surface area contributed by atoms with Crippen LogP contribution in [0.5, 0.6) is 0 Å². The number of halogens is 1. The van der Waals surface area contributed by atoms with Crippen molar-refractivity contribution in [2.24, 2.45) is 0 Å². The lowest BCUT2D eigenvalue weighted by molar-refractivity contribution is -0.111. The van der Waals surface area contributed by atoms with E-state index >= 15 is 0 Å². The second-order valence-electron chi connectivity index (χ2n) is 6.00. The largest absolute Gasteiger partial charge is 0.457 e. The Morgan fingerprint density at radius 1 is 1.15 bits per heavy atom. The zero-order valence-corrected chi connectivity index (χ0v) is 15.5. The van der Waals surface area contributed by atoms with Crippen molar-refractivity contribution in [2.45, 2.75) is 20.3 Å². The molecule has 1 N–H and O–H groups in total. The molecule has 3 nitrogen and oxygen atoms in total. The van der Waals surface area contributed by atoms with Gasteiger partial charge in [0.05, 0.1) is 0 Å². The quantitative estimate of drug-likeness (QED) is 0.553. The predicted molar refractivity (Wildman–Crippen MR) is 107 cm³/mol. The molecule has 0 saturated carbocycles. The number of anilines is 1. The van der Waals surface area contributed by atoms with E-state index in [9.17, 15) is 4.79 Å². The Bertz CT molecular complexity index is 956. The summed E-state index contributed by atoms with van der Waals surface area (Å²) in [6.45, 7) is 4.01. The van der Waals surface area contributed by atoms with Crippen molar-refractivity contribution in [2.75, 3.05) is 5.32 Å². The highest BCUT2D eigenvalue weighted by atomic mass is 35.5. The number of furan rings is 1. The molecule has 0 spiro atoms. The van der Waals surface area contributed by atoms with E-state index in [4.69, 9.17) is 16.0 Å². The van der Waals surface area contributed by atoms with Crippen LogP contribution in [0.1, 0.15) is 23.8 Å². The highest BCUT2D eigenvalue weighted by Crippen LogP contribution is 2.27. The SMILES string of the molecule is CCc1ccccc1NC(=O)/C=C/c1ccc(-c2ccc(C)c(Cl)c2)o1. The van der Waals surface area contributed by atoms with Crippen LogP contribution in [0.3, 0.4) is 0 Å². The van der Waals surface area contributed by atoms with E-state index in [0.29, 0.717) is 16.5 Å². The molecule has 2 aromatic carbocycles. The summed E-state index contributed by atoms with van der Waals surface area (Å²) < 4.78 is 5.78. The Morgan fingerprint density at radius 2 is 1.96 bits per heavy atom. The van der Waals surface area contributed by atoms with Crippen LogP contribution in [-0.4, -0.2) is 5.91 Å². The van der Waals surface area contributed by atoms with E-state index in [2.05, 4.69) is 12.2 Å². The second-order valence-corrected chi connectivity index (χ2v) is 6.41. The van der Waals surface area contributed by atoms with Crippen molar-refractivity contribution >= 4 is 29.3 Å². The molecule has 0 atom stereocenters. The van der Waals surface area contributed by atoms with Crippen LogP contribution in [0.2, 0.25) is 5.02 Å². The first kappa shape index (κ1) is 18.0. The second kappa shape index (κ2) is 8.07. The minimum absolute atomic E-state index is 0.192. The summed E-state index contributed by atoms with van der Waals surface area (Å²) in [5, 5.41) is 3.60. The first-order chi connectivity index (χ1) is 12.6. The van der Waals surface area contributed by atoms with Crippen molar-refractivity contribution in [1.29, 1.82) is 0 Å². The molecular formula is C22H20ClNO2. The number of rotatable bonds is 5. The van der Waals surface area contributed by atoms with E-state index in [0.717, 1.165) is 28.8 Å². The summed E-state index contributed by atoms with van der Waals surface area (Å²) in [6.07, 6.45) is 3.99. The van der Waals surface area contributed by atoms with Gasteiger partial charge in [-0.15, -0.1) is 0 Å². The van der Waals surface area contributed by atoms with Gasteiger partial charge in [-0.05, 0) is 54.8 Å². The number of para-hydroxylation sites is 1. The lowest BCUT2D eigenvalue weighted by atomic mass is 10.1. The number of benzene rings is 2. The summed E-state index contributed by atoms with van der Waals surface area (Å²) in [5.74, 6) is 1.13. The van der Waals surface area contributed by atoms with Crippen molar-refractivity contribution in [3.63, 3.8) is 0 Å². The summed E-state index contributed by atoms with van der Waals surface area (Å²) in [5.41, 5.74) is 3.86. The molecule has 4 heteroatoms. The van der Waals surface area contributed by atoms with Crippen LogP contribution in [-0.2, 0) is 11.2 Å². The predicted octanol–water partition coefficient (Wildman–Crippen LogP) is 6.12. The first-order valence-electron chi connectivity index (χ1n) is 8.50. The van der Waals surface area contributed by atoms with E-state index in [-0.39, 0.29) is 5.91 Å². The van der Waals surface area contributed by atoms with Crippen LogP contribution >= 0.6 is 11.6 Å². The van der Waals surface area contributed by atoms with Crippen molar-refractivity contribution in [1.82, 2.24) is 0 Å². The Kier molecular flexibility index (Phi) is 5.59. The van der Waals surface area contributed by atoms with Crippen LogP contribution in [0, 0.1) is 6.92 Å². The van der Waals surface area contributed by atoms with Gasteiger partial charge in [0.2, 0.25) is 5.91 Å². The molecule has 1 aromatic heterocycles. The minimum Gasteiger partial charge on any atom is -0.457 e. The summed E-state index contributed by atoms with van der Waals surface area (Å²) >= 11 is 6.17. The third-order valence-corrected chi connectivity index (χ3v) is 4.55. The zero-order chi connectivity index (χ0) is 18.5. The smallest absolute Gasteiger partial charge is 0.248 e. The monoisotopic (exact) mass is 365 g/mol. The molecule has 0 aliphatic heterocycles. The average Bonchev–Trinajstić information content (AvgIpc) is 3.12. The summed E-state index contributed by atoms with van der Waals surface area (Å²) in [4.78, 5) is 12.2. The zero-order valence-electron chi connectivity index (χ0n) is 14.8. The van der Waals surface area contributed by atoms with Crippen molar-refractivity contribution < 1.29 is 9.21 Å². The van der Waals surface area contributed by atoms with Crippen LogP contribution in [0.25, 0.3) is 17.4 Å². The van der Waals surface area contributed by atoms with Crippen LogP contribution in [0.4, 0.5) is 5.69 Å². The average molecular weight is 366 g/mol. The van der Waals surface area contributed by atoms with E-state index in [1.165, 1.54) is 6.08 Å². The topological polar surface area (TPSA) is 42.2 Å². The van der Waals surface area contributed by atoms with Gasteiger partial charge in [-0.3, -0.25) is 4.79 Å². The van der Waals surface area contributed by atoms with Gasteiger partial charge in [-0.1, -0.05) is 48.9 Å². The molecule has 1 amide bonds. The minimum atomic E-state index is -0.192. The molecule has 132 valence electrons. The first-order valence-corrected chi connectivity index (χ1v) is 8.88. The van der Waals surface area contributed by atoms with Crippen molar-refractivity contribution in [3.05, 3.63) is 82.6 Å². The van der Waals surface area contributed by atoms with Crippen LogP contribution < -0.4 is 5.32 Å². The van der Waals surface area contributed by atoms with Gasteiger partial charge in [0.25, 0.3) is 0 Å². The summed E-state index contributed by atoms with van der Waals surface area (Å²) in [6, 6.07) is 17.3. The standard InChI is InChI=1S/C22H20ClNO2/c1-3-16-6-4-5-7-20(16)24-22(25)13-11-18-10-12-21(26-18)17-9-8-15(2)19(23)14-17/h4-14H,3H2,1-2H3,(H,24,25)/b13-11+. The number of nitrogens with one attached hydrogen (secondary N) is 1. The Hall–Kier alpha value is -2.78. The maximum absolute atomic E-state index is 12.2. The Morgan fingerprint density at radius 3 is 2.73 bits per heavy atom. The highest BCUT2D eigenvalue weighted by Gasteiger charge is 2.06. The number of carbonyl (C=O) groups excluding carboxylic acids is 1. The van der Waals surface area contributed by atoms with Gasteiger partial charge < -0.3 is 9.73 Å². The van der Waals surface area contributed by atoms with E-state index < -0.39 is 0 Å². The molecule has 0 unspecified atom stereocenters. The van der Waals surface area contributed by atoms with Gasteiger partial charge in [0.15, 0.2) is 0 Å². The Balaban J connectivity index is 1.70. The molecule has 0 aliphatic carbocycles. The summed E-state index contributed by atoms with van der Waals surface area (Å²) in [7, 11) is 0. The molecule has 3 aromatic rings. The Labute approximate surface area is 158 Å². The van der Waals surface area contributed by atoms with E-state index in [1.807, 2.05) is 61.5 Å². The number of hydrogen-bond donors (Lipinski definition) is 1. The molecule has 0 radical (unpaired) electrons. The molecule has 26 heavy (non-hydrogen) atoms. The number of amides is 1. The number of aryl methyl sites for hydroxylation is 2. The molecule has 0 aliphatic rings. The fourth-order valence-electron chi connectivity index (χ4n) is 2.63. The molecular weight excluding hydrogens is 346 g/mol. The fourth-order valence-corrected chi connectivity index (χ4v) is 2.81. The van der Waals surface area contributed by atoms with Gasteiger partial charge in [-0.25, -0.2) is 0 Å². The van der Waals surface area contributed by atoms with Gasteiger partial charge >= 0.3 is 0 Å². The number of hydrogen-bond acceptors (Lipinski definition) is 2. The van der Waals surface area contributed by atoms with Gasteiger partial charge in [0, 0.05) is 22.3 Å². The van der Waals surface area contributed by atoms with Crippen molar-refractivity contribution in [3.8, 4) is 11.3 Å². The lowest BCUT2D eigenvalue weighted by Gasteiger charge is -2.07. The maximum atomic E-state index is 12.2. The number of carbonyl (C=O) groups is 1. The molecule has 0 fully saturated rings. The van der Waals surface area contributed by atoms with E-state index in [1.54, 1.807) is 6.08 Å². The molecule has 3 rings (SSSR count). The lowest BCUT2D eigenvalue weighted by Crippen LogP contribution is -2.09. The normalized spacial score (nSPS) is 11.0. The fraction of sp³-hybridized carbons (Fsp3) is 0.136. The highest BCUT2D eigenvalue weighted by molar-refractivity contribution is 6.31.